The van der Waals surface area contributed by atoms with Crippen LogP contribution in [0.4, 0.5) is 16.2 Å². The number of aryl methyl sites for hydroxylation is 1. The number of methoxy groups -OCH3 is 1. The molecule has 0 saturated carbocycles. The highest BCUT2D eigenvalue weighted by molar-refractivity contribution is 6.01. The fraction of sp³-hybridized carbons (Fsp3) is 0.273. The van der Waals surface area contributed by atoms with Gasteiger partial charge in [-0.25, -0.2) is 4.79 Å². The molecular formula is C33H36N4O3. The molecule has 0 bridgehead atoms. The Bertz CT molecular complexity index is 1460. The molecule has 0 aliphatic carbocycles. The van der Waals surface area contributed by atoms with E-state index in [9.17, 15) is 9.59 Å². The lowest BCUT2D eigenvalue weighted by atomic mass is 9.97. The number of benzene rings is 3. The maximum absolute atomic E-state index is 14.3. The Morgan fingerprint density at radius 1 is 0.900 bits per heavy atom. The molecule has 1 N–H and O–H groups in total. The molecule has 1 aliphatic rings. The van der Waals surface area contributed by atoms with E-state index in [1.807, 2.05) is 96.0 Å². The van der Waals surface area contributed by atoms with Crippen LogP contribution < -0.4 is 15.0 Å². The van der Waals surface area contributed by atoms with Crippen molar-refractivity contribution in [1.82, 2.24) is 9.47 Å². The summed E-state index contributed by atoms with van der Waals surface area (Å²) >= 11 is 0. The Kier molecular flexibility index (Phi) is 8.20. The Morgan fingerprint density at radius 2 is 1.62 bits per heavy atom. The highest BCUT2D eigenvalue weighted by atomic mass is 16.5. The summed E-state index contributed by atoms with van der Waals surface area (Å²) in [5.41, 5.74) is 5.61. The fourth-order valence-corrected chi connectivity index (χ4v) is 5.23. The molecule has 1 unspecified atom stereocenters. The number of urea groups is 1. The predicted octanol–water partition coefficient (Wildman–Crippen LogP) is 6.82. The summed E-state index contributed by atoms with van der Waals surface area (Å²) in [4.78, 5) is 31.2. The maximum Gasteiger partial charge on any atom is 0.322 e. The van der Waals surface area contributed by atoms with Crippen LogP contribution in [0.2, 0.25) is 0 Å². The fourth-order valence-electron chi connectivity index (χ4n) is 5.23. The number of unbranched alkanes of at least 4 members (excludes halogenated alkanes) is 1. The van der Waals surface area contributed by atoms with Gasteiger partial charge in [-0.1, -0.05) is 56.7 Å². The smallest absolute Gasteiger partial charge is 0.322 e. The predicted molar refractivity (Wildman–Crippen MR) is 159 cm³/mol. The number of hydrogen-bond acceptors (Lipinski definition) is 3. The SMILES string of the molecule is CCCCN(CC(=O)N1c2ccccc2-n2cccc2C1c1ccc(OC)cc1)C(=O)Nc1ccc(CC)cc1. The van der Waals surface area contributed by atoms with Crippen LogP contribution in [-0.2, 0) is 11.2 Å². The lowest BCUT2D eigenvalue weighted by Gasteiger charge is -2.39. The third-order valence-corrected chi connectivity index (χ3v) is 7.43. The highest BCUT2D eigenvalue weighted by Crippen LogP contribution is 2.42. The molecule has 1 aliphatic heterocycles. The minimum atomic E-state index is -0.360. The average Bonchev–Trinajstić information content (AvgIpc) is 3.49. The number of carbonyl (C=O) groups excluding carboxylic acids is 2. The molecule has 0 saturated heterocycles. The van der Waals surface area contributed by atoms with E-state index < -0.39 is 0 Å². The number of carbonyl (C=O) groups is 2. The maximum atomic E-state index is 14.3. The van der Waals surface area contributed by atoms with Crippen molar-refractivity contribution in [3.05, 3.63) is 108 Å². The van der Waals surface area contributed by atoms with Crippen molar-refractivity contribution in [2.24, 2.45) is 0 Å². The van der Waals surface area contributed by atoms with Gasteiger partial charge in [-0.05, 0) is 72.5 Å². The van der Waals surface area contributed by atoms with E-state index >= 15 is 0 Å². The first-order valence-electron chi connectivity index (χ1n) is 13.9. The van der Waals surface area contributed by atoms with Gasteiger partial charge in [0.25, 0.3) is 0 Å². The standard InChI is InChI=1S/C33H36N4O3/c1-4-6-21-35(33(39)34-26-17-13-24(5-2)14-18-26)23-31(38)37-29-11-8-7-10-28(29)36-22-9-12-30(36)32(37)25-15-19-27(40-3)20-16-25/h7-20,22,32H,4-6,21,23H2,1-3H3,(H,34,39). The number of fused-ring (bicyclic) bond motifs is 3. The largest absolute Gasteiger partial charge is 0.497 e. The van der Waals surface area contributed by atoms with Crippen molar-refractivity contribution in [3.63, 3.8) is 0 Å². The van der Waals surface area contributed by atoms with Crippen LogP contribution in [0.3, 0.4) is 0 Å². The zero-order valence-electron chi connectivity index (χ0n) is 23.3. The summed E-state index contributed by atoms with van der Waals surface area (Å²) in [6.45, 7) is 4.62. The Morgan fingerprint density at radius 3 is 2.30 bits per heavy atom. The van der Waals surface area contributed by atoms with E-state index in [0.29, 0.717) is 12.2 Å². The highest BCUT2D eigenvalue weighted by Gasteiger charge is 2.37. The van der Waals surface area contributed by atoms with Crippen LogP contribution in [0.1, 0.15) is 49.6 Å². The summed E-state index contributed by atoms with van der Waals surface area (Å²) in [6.07, 6.45) is 4.67. The van der Waals surface area contributed by atoms with Gasteiger partial charge in [0, 0.05) is 18.4 Å². The number of nitrogens with zero attached hydrogens (tertiary/aromatic N) is 3. The van der Waals surface area contributed by atoms with Crippen molar-refractivity contribution in [1.29, 1.82) is 0 Å². The minimum absolute atomic E-state index is 0.0411. The Hall–Kier alpha value is -4.52. The first-order chi connectivity index (χ1) is 19.5. The van der Waals surface area contributed by atoms with Gasteiger partial charge in [0.15, 0.2) is 0 Å². The summed E-state index contributed by atoms with van der Waals surface area (Å²) in [7, 11) is 1.64. The van der Waals surface area contributed by atoms with Crippen LogP contribution in [0.5, 0.6) is 5.75 Å². The molecule has 0 fully saturated rings. The lowest BCUT2D eigenvalue weighted by molar-refractivity contribution is -0.119. The monoisotopic (exact) mass is 536 g/mol. The van der Waals surface area contributed by atoms with Gasteiger partial charge in [-0.3, -0.25) is 9.69 Å². The van der Waals surface area contributed by atoms with Crippen molar-refractivity contribution < 1.29 is 14.3 Å². The molecule has 7 heteroatoms. The third-order valence-electron chi connectivity index (χ3n) is 7.43. The number of aromatic nitrogens is 1. The van der Waals surface area contributed by atoms with Gasteiger partial charge in [-0.2, -0.15) is 0 Å². The van der Waals surface area contributed by atoms with Crippen molar-refractivity contribution in [2.45, 2.75) is 39.2 Å². The van der Waals surface area contributed by atoms with Crippen molar-refractivity contribution in [3.8, 4) is 11.4 Å². The van der Waals surface area contributed by atoms with Crippen LogP contribution in [0, 0.1) is 0 Å². The number of para-hydroxylation sites is 2. The third kappa shape index (κ3) is 5.45. The van der Waals surface area contributed by atoms with Gasteiger partial charge in [0.1, 0.15) is 18.3 Å². The van der Waals surface area contributed by atoms with Crippen LogP contribution >= 0.6 is 0 Å². The minimum Gasteiger partial charge on any atom is -0.497 e. The first kappa shape index (κ1) is 27.1. The second kappa shape index (κ2) is 12.1. The molecule has 3 amide bonds. The van der Waals surface area contributed by atoms with Crippen molar-refractivity contribution in [2.75, 3.05) is 30.4 Å². The molecule has 0 spiro atoms. The van der Waals surface area contributed by atoms with Gasteiger partial charge in [0.05, 0.1) is 24.2 Å². The topological polar surface area (TPSA) is 66.8 Å². The molecule has 3 aromatic carbocycles. The summed E-state index contributed by atoms with van der Waals surface area (Å²) in [5, 5.41) is 2.99. The lowest BCUT2D eigenvalue weighted by Crippen LogP contribution is -2.48. The number of ether oxygens (including phenoxy) is 1. The number of rotatable bonds is 9. The van der Waals surface area contributed by atoms with E-state index in [2.05, 4.69) is 23.7 Å². The summed E-state index contributed by atoms with van der Waals surface area (Å²) in [5.74, 6) is 0.607. The molecule has 5 rings (SSSR count). The van der Waals surface area contributed by atoms with Gasteiger partial charge >= 0.3 is 6.03 Å². The quantitative estimate of drug-likeness (QED) is 0.255. The molecule has 2 heterocycles. The van der Waals surface area contributed by atoms with E-state index in [1.165, 1.54) is 5.56 Å². The van der Waals surface area contributed by atoms with Gasteiger partial charge in [-0.15, -0.1) is 0 Å². The molecule has 1 atom stereocenters. The van der Waals surface area contributed by atoms with Crippen LogP contribution in [-0.4, -0.2) is 41.6 Å². The van der Waals surface area contributed by atoms with Gasteiger partial charge in [0.2, 0.25) is 5.91 Å². The molecule has 40 heavy (non-hydrogen) atoms. The molecule has 7 nitrogen and oxygen atoms in total. The Labute approximate surface area is 236 Å². The van der Waals surface area contributed by atoms with E-state index in [4.69, 9.17) is 4.74 Å². The molecule has 206 valence electrons. The second-order valence-corrected chi connectivity index (χ2v) is 9.99. The number of amides is 3. The van der Waals surface area contributed by atoms with Crippen LogP contribution in [0.15, 0.2) is 91.1 Å². The van der Waals surface area contributed by atoms with E-state index in [-0.39, 0.29) is 24.5 Å². The summed E-state index contributed by atoms with van der Waals surface area (Å²) in [6, 6.07) is 27.0. The first-order valence-corrected chi connectivity index (χ1v) is 13.9. The number of nitrogens with one attached hydrogen (secondary N) is 1. The Balaban J connectivity index is 1.48. The normalized spacial score (nSPS) is 13.8. The number of anilines is 2. The van der Waals surface area contributed by atoms with Crippen molar-refractivity contribution >= 4 is 23.3 Å². The van der Waals surface area contributed by atoms with E-state index in [1.54, 1.807) is 12.0 Å². The zero-order valence-corrected chi connectivity index (χ0v) is 23.3. The second-order valence-electron chi connectivity index (χ2n) is 9.99. The average molecular weight is 537 g/mol. The molecular weight excluding hydrogens is 500 g/mol. The van der Waals surface area contributed by atoms with Crippen LogP contribution in [0.25, 0.3) is 5.69 Å². The molecule has 4 aromatic rings. The van der Waals surface area contributed by atoms with Gasteiger partial charge < -0.3 is 19.5 Å². The summed E-state index contributed by atoms with van der Waals surface area (Å²) < 4.78 is 7.52. The molecule has 0 radical (unpaired) electrons. The zero-order chi connectivity index (χ0) is 28.1. The number of hydrogen-bond donors (Lipinski definition) is 1. The van der Waals surface area contributed by atoms with E-state index in [0.717, 1.165) is 47.6 Å². The molecule has 1 aromatic heterocycles.